The molecule has 0 unspecified atom stereocenters. The third-order valence-corrected chi connectivity index (χ3v) is 4.93. The number of rotatable bonds is 3. The maximum atomic E-state index is 2.21. The maximum absolute atomic E-state index is 2.21. The molecule has 0 aromatic heterocycles. The molecule has 0 bridgehead atoms. The predicted octanol–water partition coefficient (Wildman–Crippen LogP) is 3.86. The van der Waals surface area contributed by atoms with E-state index >= 15 is 0 Å². The molecule has 0 spiro atoms. The summed E-state index contributed by atoms with van der Waals surface area (Å²) in [6.07, 6.45) is 8.00. The zero-order valence-electron chi connectivity index (χ0n) is 11.4. The summed E-state index contributed by atoms with van der Waals surface area (Å²) in [6.45, 7) is 4.00. The molecule has 0 aliphatic rings. The van der Waals surface area contributed by atoms with E-state index in [1.807, 2.05) is 38.2 Å². The average Bonchev–Trinajstić information content (AvgIpc) is 2.48. The average molecular weight is 431 g/mol. The van der Waals surface area contributed by atoms with Gasteiger partial charge in [0.2, 0.25) is 0 Å². The topological polar surface area (TPSA) is 0 Å². The van der Waals surface area contributed by atoms with Crippen LogP contribution in [0, 0.1) is 0 Å². The van der Waals surface area contributed by atoms with Crippen molar-refractivity contribution in [3.05, 3.63) is 85.0 Å². The van der Waals surface area contributed by atoms with E-state index in [2.05, 4.69) is 60.7 Å². The van der Waals surface area contributed by atoms with Gasteiger partial charge >= 0.3 is 87.1 Å². The first-order valence-electron chi connectivity index (χ1n) is 6.29. The van der Waals surface area contributed by atoms with Gasteiger partial charge in [0.05, 0.1) is 0 Å². The van der Waals surface area contributed by atoms with Crippen LogP contribution in [0.4, 0.5) is 0 Å². The summed E-state index contributed by atoms with van der Waals surface area (Å²) in [6, 6.07) is 21.4. The molecular formula is C18H20Pt. The second-order valence-corrected chi connectivity index (χ2v) is 6.84. The van der Waals surface area contributed by atoms with Gasteiger partial charge in [0, 0.05) is 0 Å². The predicted molar refractivity (Wildman–Crippen MR) is 81.8 cm³/mol. The van der Waals surface area contributed by atoms with Crippen LogP contribution >= 0.6 is 0 Å². The van der Waals surface area contributed by atoms with Gasteiger partial charge < -0.3 is 0 Å². The molecule has 0 atom stereocenters. The van der Waals surface area contributed by atoms with E-state index < -0.39 is 0 Å². The molecule has 0 radical (unpaired) electrons. The van der Waals surface area contributed by atoms with Gasteiger partial charge in [-0.3, -0.25) is 0 Å². The molecule has 0 saturated carbocycles. The van der Waals surface area contributed by atoms with Crippen LogP contribution in [0.25, 0.3) is 0 Å². The molecule has 0 nitrogen and oxygen atoms in total. The Labute approximate surface area is 125 Å². The van der Waals surface area contributed by atoms with Crippen LogP contribution in [0.1, 0.15) is 13.8 Å². The molecule has 2 aromatic carbocycles. The molecule has 19 heavy (non-hydrogen) atoms. The second kappa shape index (κ2) is 10.5. The Morgan fingerprint density at radius 1 is 0.632 bits per heavy atom. The van der Waals surface area contributed by atoms with Crippen LogP contribution < -0.4 is 7.91 Å². The van der Waals surface area contributed by atoms with Crippen molar-refractivity contribution < 1.29 is 18.6 Å². The molecule has 0 amide bonds. The second-order valence-electron chi connectivity index (χ2n) is 3.65. The first-order valence-corrected chi connectivity index (χ1v) is 8.56. The van der Waals surface area contributed by atoms with E-state index in [9.17, 15) is 0 Å². The molecule has 0 aliphatic carbocycles. The Morgan fingerprint density at radius 2 is 1.00 bits per heavy atom. The van der Waals surface area contributed by atoms with Crippen LogP contribution in [-0.2, 0) is 18.6 Å². The van der Waals surface area contributed by atoms with Crippen molar-refractivity contribution in [3.8, 4) is 0 Å². The normalized spacial score (nSPS) is 10.6. The fourth-order valence-electron chi connectivity index (χ4n) is 1.24. The van der Waals surface area contributed by atoms with Gasteiger partial charge in [-0.1, -0.05) is 24.3 Å². The molecule has 1 heteroatoms. The van der Waals surface area contributed by atoms with Gasteiger partial charge in [-0.25, -0.2) is 0 Å². The zero-order chi connectivity index (χ0) is 13.8. The van der Waals surface area contributed by atoms with Crippen molar-refractivity contribution in [2.24, 2.45) is 0 Å². The van der Waals surface area contributed by atoms with Gasteiger partial charge in [0.15, 0.2) is 0 Å². The van der Waals surface area contributed by atoms with E-state index in [1.54, 1.807) is 0 Å². The SMILES string of the molecule is CC=CC=CC.c1cc[c]([Pt][c]2ccccc2)cc1. The van der Waals surface area contributed by atoms with Crippen molar-refractivity contribution in [3.63, 3.8) is 0 Å². The van der Waals surface area contributed by atoms with E-state index in [0.717, 1.165) is 0 Å². The van der Waals surface area contributed by atoms with Gasteiger partial charge in [-0.2, -0.15) is 0 Å². The summed E-state index contributed by atoms with van der Waals surface area (Å²) >= 11 is 0.0186. The van der Waals surface area contributed by atoms with Crippen molar-refractivity contribution in [2.45, 2.75) is 13.8 Å². The quantitative estimate of drug-likeness (QED) is 0.648. The van der Waals surface area contributed by atoms with Crippen molar-refractivity contribution in [1.82, 2.24) is 0 Å². The fourth-order valence-corrected chi connectivity index (χ4v) is 3.63. The van der Waals surface area contributed by atoms with E-state index in [0.29, 0.717) is 0 Å². The Bertz CT molecular complexity index is 436. The molecule has 0 N–H and O–H groups in total. The molecule has 2 aromatic rings. The van der Waals surface area contributed by atoms with Gasteiger partial charge in [-0.15, -0.1) is 0 Å². The minimum atomic E-state index is 0.0186. The molecule has 102 valence electrons. The molecule has 0 heterocycles. The van der Waals surface area contributed by atoms with Gasteiger partial charge in [0.25, 0.3) is 0 Å². The van der Waals surface area contributed by atoms with Gasteiger partial charge in [0.1, 0.15) is 0 Å². The van der Waals surface area contributed by atoms with Gasteiger partial charge in [-0.05, 0) is 13.8 Å². The fraction of sp³-hybridized carbons (Fsp3) is 0.111. The Hall–Kier alpha value is -1.39. The summed E-state index contributed by atoms with van der Waals surface area (Å²) in [7, 11) is 0. The first-order chi connectivity index (χ1) is 9.36. The van der Waals surface area contributed by atoms with E-state index in [-0.39, 0.29) is 18.6 Å². The molecular weight excluding hydrogens is 411 g/mol. The Balaban J connectivity index is 0.000000258. The van der Waals surface area contributed by atoms with Crippen LogP contribution in [0.15, 0.2) is 85.0 Å². The summed E-state index contributed by atoms with van der Waals surface area (Å²) < 4.78 is 2.96. The Morgan fingerprint density at radius 3 is 1.32 bits per heavy atom. The summed E-state index contributed by atoms with van der Waals surface area (Å²) in [5.74, 6) is 0. The summed E-state index contributed by atoms with van der Waals surface area (Å²) in [5, 5.41) is 0. The van der Waals surface area contributed by atoms with Crippen molar-refractivity contribution in [2.75, 3.05) is 0 Å². The molecule has 2 rings (SSSR count). The number of hydrogen-bond donors (Lipinski definition) is 0. The number of benzene rings is 2. The summed E-state index contributed by atoms with van der Waals surface area (Å²) in [4.78, 5) is 0. The van der Waals surface area contributed by atoms with Crippen molar-refractivity contribution in [1.29, 1.82) is 0 Å². The molecule has 0 saturated heterocycles. The number of hydrogen-bond acceptors (Lipinski definition) is 0. The Kier molecular flexibility index (Phi) is 8.68. The zero-order valence-corrected chi connectivity index (χ0v) is 13.7. The first kappa shape index (κ1) is 15.7. The summed E-state index contributed by atoms with van der Waals surface area (Å²) in [5.41, 5.74) is 0. The monoisotopic (exact) mass is 431 g/mol. The molecule has 0 fully saturated rings. The van der Waals surface area contributed by atoms with Crippen molar-refractivity contribution >= 4 is 7.91 Å². The van der Waals surface area contributed by atoms with Crippen LogP contribution in [-0.4, -0.2) is 0 Å². The van der Waals surface area contributed by atoms with E-state index in [1.165, 1.54) is 7.91 Å². The number of allylic oxidation sites excluding steroid dienone is 4. The van der Waals surface area contributed by atoms with Crippen LogP contribution in [0.3, 0.4) is 0 Å². The molecule has 0 aliphatic heterocycles. The standard InChI is InChI=1S/2C6H5.C6H10.Pt/c2*1-2-4-6-5-3-1;1-3-5-6-4-2;/h2*1-5H;3-6H,1-2H3;. The third kappa shape index (κ3) is 7.59. The van der Waals surface area contributed by atoms with Crippen LogP contribution in [0.2, 0.25) is 0 Å². The minimum absolute atomic E-state index is 0.0186. The van der Waals surface area contributed by atoms with Crippen LogP contribution in [0.5, 0.6) is 0 Å². The van der Waals surface area contributed by atoms with E-state index in [4.69, 9.17) is 0 Å². The third-order valence-electron chi connectivity index (χ3n) is 2.10.